The maximum absolute atomic E-state index is 11.5. The molecule has 0 radical (unpaired) electrons. The molecule has 1 saturated carbocycles. The molecule has 8 heteroatoms. The van der Waals surface area contributed by atoms with E-state index in [-0.39, 0.29) is 17.5 Å². The van der Waals surface area contributed by atoms with Crippen molar-refractivity contribution in [2.24, 2.45) is 5.41 Å². The molecule has 1 aliphatic rings. The molecule has 2 atom stereocenters. The lowest BCUT2D eigenvalue weighted by atomic mass is 9.64. The Morgan fingerprint density at radius 3 is 2.71 bits per heavy atom. The highest BCUT2D eigenvalue weighted by atomic mass is 16.4. The Morgan fingerprint density at radius 2 is 2.10 bits per heavy atom. The summed E-state index contributed by atoms with van der Waals surface area (Å²) in [5.74, 6) is 1.38. The standard InChI is InChI=1S/C23H32N6O2/c1-14(2)26-20-18-10-19(25-13-15(18)9-17(12-24)28-20)27-16-7-6-8-23(11-16,22(3,4)5)29-21(30)31/h9-10,13-14,16,29H,6-8,11H2,1-5H3,(H,25,27)(H,26,28)(H,30,31)/t16-,23+/m0/s1. The van der Waals surface area contributed by atoms with Crippen molar-refractivity contribution < 1.29 is 9.90 Å². The van der Waals surface area contributed by atoms with Crippen molar-refractivity contribution in [3.8, 4) is 6.07 Å². The molecule has 1 fully saturated rings. The first-order valence-corrected chi connectivity index (χ1v) is 10.8. The van der Waals surface area contributed by atoms with Crippen molar-refractivity contribution in [2.45, 2.75) is 77.9 Å². The van der Waals surface area contributed by atoms with Gasteiger partial charge in [-0.3, -0.25) is 0 Å². The fraction of sp³-hybridized carbons (Fsp3) is 0.565. The van der Waals surface area contributed by atoms with E-state index in [1.54, 1.807) is 12.3 Å². The van der Waals surface area contributed by atoms with Crippen molar-refractivity contribution in [1.29, 1.82) is 5.26 Å². The molecule has 31 heavy (non-hydrogen) atoms. The van der Waals surface area contributed by atoms with Crippen molar-refractivity contribution >= 4 is 28.5 Å². The molecule has 0 bridgehead atoms. The van der Waals surface area contributed by atoms with E-state index in [9.17, 15) is 15.2 Å². The predicted octanol–water partition coefficient (Wildman–Crippen LogP) is 4.73. The maximum atomic E-state index is 11.5. The first kappa shape index (κ1) is 22.6. The van der Waals surface area contributed by atoms with Crippen LogP contribution >= 0.6 is 0 Å². The second-order valence-corrected chi connectivity index (χ2v) is 9.76. The first-order chi connectivity index (χ1) is 14.5. The van der Waals surface area contributed by atoms with Gasteiger partial charge in [0.2, 0.25) is 0 Å². The van der Waals surface area contributed by atoms with Gasteiger partial charge in [-0.15, -0.1) is 0 Å². The van der Waals surface area contributed by atoms with Crippen LogP contribution in [0, 0.1) is 16.7 Å². The van der Waals surface area contributed by atoms with Crippen LogP contribution in [0.1, 0.15) is 66.0 Å². The summed E-state index contributed by atoms with van der Waals surface area (Å²) >= 11 is 0. The van der Waals surface area contributed by atoms with Gasteiger partial charge in [0.05, 0.1) is 5.54 Å². The Labute approximate surface area is 183 Å². The zero-order valence-electron chi connectivity index (χ0n) is 18.9. The highest BCUT2D eigenvalue weighted by molar-refractivity contribution is 5.93. The summed E-state index contributed by atoms with van der Waals surface area (Å²) in [6.45, 7) is 10.3. The molecule has 2 heterocycles. The Balaban J connectivity index is 1.90. The van der Waals surface area contributed by atoms with Gasteiger partial charge >= 0.3 is 6.09 Å². The number of pyridine rings is 2. The van der Waals surface area contributed by atoms with E-state index >= 15 is 0 Å². The number of carbonyl (C=O) groups is 1. The van der Waals surface area contributed by atoms with Crippen LogP contribution in [0.4, 0.5) is 16.4 Å². The average Bonchev–Trinajstić information content (AvgIpc) is 2.66. The second-order valence-electron chi connectivity index (χ2n) is 9.76. The Morgan fingerprint density at radius 1 is 1.35 bits per heavy atom. The molecular formula is C23H32N6O2. The molecule has 1 amide bonds. The van der Waals surface area contributed by atoms with Gasteiger partial charge in [0, 0.05) is 29.1 Å². The largest absolute Gasteiger partial charge is 0.465 e. The van der Waals surface area contributed by atoms with E-state index in [1.165, 1.54) is 0 Å². The molecule has 0 unspecified atom stereocenters. The molecular weight excluding hydrogens is 392 g/mol. The summed E-state index contributed by atoms with van der Waals surface area (Å²) in [6.07, 6.45) is 4.14. The fourth-order valence-electron chi connectivity index (χ4n) is 4.46. The summed E-state index contributed by atoms with van der Waals surface area (Å²) in [5, 5.41) is 30.1. The van der Waals surface area contributed by atoms with Gasteiger partial charge in [0.25, 0.3) is 0 Å². The van der Waals surface area contributed by atoms with Crippen LogP contribution < -0.4 is 16.0 Å². The number of fused-ring (bicyclic) bond motifs is 1. The third-order valence-electron chi connectivity index (χ3n) is 6.14. The lowest BCUT2D eigenvalue weighted by Gasteiger charge is -2.49. The average molecular weight is 425 g/mol. The molecule has 0 spiro atoms. The minimum atomic E-state index is -0.983. The number of hydrogen-bond acceptors (Lipinski definition) is 6. The molecule has 2 aromatic rings. The Kier molecular flexibility index (Phi) is 6.25. The molecule has 4 N–H and O–H groups in total. The molecule has 0 saturated heterocycles. The monoisotopic (exact) mass is 424 g/mol. The SMILES string of the molecule is CC(C)Nc1nc(C#N)cc2cnc(N[C@H]3CCC[C@](NC(=O)O)(C(C)(C)C)C3)cc12. The number of rotatable bonds is 5. The first-order valence-electron chi connectivity index (χ1n) is 10.8. The molecule has 2 aromatic heterocycles. The Bertz CT molecular complexity index is 1010. The van der Waals surface area contributed by atoms with E-state index in [1.807, 2.05) is 19.9 Å². The number of nitrogens with zero attached hydrogens (tertiary/aromatic N) is 3. The van der Waals surface area contributed by atoms with Crippen LogP contribution in [0.2, 0.25) is 0 Å². The molecule has 166 valence electrons. The minimum absolute atomic E-state index is 0.0950. The van der Waals surface area contributed by atoms with Crippen LogP contribution in [0.25, 0.3) is 10.8 Å². The minimum Gasteiger partial charge on any atom is -0.465 e. The lowest BCUT2D eigenvalue weighted by Crippen LogP contribution is -2.60. The van der Waals surface area contributed by atoms with Crippen molar-refractivity contribution in [3.05, 3.63) is 24.0 Å². The molecule has 0 aliphatic heterocycles. The highest BCUT2D eigenvalue weighted by Crippen LogP contribution is 2.42. The van der Waals surface area contributed by atoms with Gasteiger partial charge in [0.15, 0.2) is 0 Å². The smallest absolute Gasteiger partial charge is 0.405 e. The van der Waals surface area contributed by atoms with E-state index in [0.717, 1.165) is 35.9 Å². The quantitative estimate of drug-likeness (QED) is 0.547. The number of nitriles is 1. The predicted molar refractivity (Wildman–Crippen MR) is 122 cm³/mol. The van der Waals surface area contributed by atoms with E-state index in [2.05, 4.69) is 52.8 Å². The van der Waals surface area contributed by atoms with E-state index < -0.39 is 11.6 Å². The summed E-state index contributed by atoms with van der Waals surface area (Å²) in [7, 11) is 0. The third kappa shape index (κ3) is 4.98. The lowest BCUT2D eigenvalue weighted by molar-refractivity contribution is 0.0790. The van der Waals surface area contributed by atoms with Gasteiger partial charge < -0.3 is 21.1 Å². The van der Waals surface area contributed by atoms with Gasteiger partial charge in [-0.1, -0.05) is 20.8 Å². The molecule has 8 nitrogen and oxygen atoms in total. The van der Waals surface area contributed by atoms with Gasteiger partial charge in [-0.25, -0.2) is 14.8 Å². The summed E-state index contributed by atoms with van der Waals surface area (Å²) < 4.78 is 0. The van der Waals surface area contributed by atoms with Gasteiger partial charge in [-0.05, 0) is 57.1 Å². The molecule has 0 aromatic carbocycles. The zero-order chi connectivity index (χ0) is 22.8. The maximum Gasteiger partial charge on any atom is 0.405 e. The number of hydrogen-bond donors (Lipinski definition) is 4. The Hall–Kier alpha value is -3.08. The number of nitrogens with one attached hydrogen (secondary N) is 3. The normalized spacial score (nSPS) is 21.5. The summed E-state index contributed by atoms with van der Waals surface area (Å²) in [4.78, 5) is 20.5. The van der Waals surface area contributed by atoms with Gasteiger partial charge in [-0.2, -0.15) is 5.26 Å². The molecule has 1 aliphatic carbocycles. The van der Waals surface area contributed by atoms with Gasteiger partial charge in [0.1, 0.15) is 23.4 Å². The fourth-order valence-corrected chi connectivity index (χ4v) is 4.46. The number of anilines is 2. The molecule has 3 rings (SSSR count). The number of carboxylic acid groups (broad SMARTS) is 1. The third-order valence-corrected chi connectivity index (χ3v) is 6.14. The van der Waals surface area contributed by atoms with E-state index in [0.29, 0.717) is 17.9 Å². The summed E-state index contributed by atoms with van der Waals surface area (Å²) in [5.41, 5.74) is -0.367. The van der Waals surface area contributed by atoms with Crippen molar-refractivity contribution in [3.63, 3.8) is 0 Å². The van der Waals surface area contributed by atoms with E-state index in [4.69, 9.17) is 0 Å². The van der Waals surface area contributed by atoms with Crippen LogP contribution in [0.15, 0.2) is 18.3 Å². The second kappa shape index (κ2) is 8.58. The number of amides is 1. The van der Waals surface area contributed by atoms with Crippen LogP contribution in [0.3, 0.4) is 0 Å². The van der Waals surface area contributed by atoms with Crippen molar-refractivity contribution in [1.82, 2.24) is 15.3 Å². The number of aromatic nitrogens is 2. The van der Waals surface area contributed by atoms with Crippen LogP contribution in [-0.4, -0.2) is 38.8 Å². The summed E-state index contributed by atoms with van der Waals surface area (Å²) in [6, 6.07) is 6.05. The van der Waals surface area contributed by atoms with Crippen LogP contribution in [0.5, 0.6) is 0 Å². The highest BCUT2D eigenvalue weighted by Gasteiger charge is 2.46. The van der Waals surface area contributed by atoms with Crippen molar-refractivity contribution in [2.75, 3.05) is 10.6 Å². The zero-order valence-corrected chi connectivity index (χ0v) is 18.9. The van der Waals surface area contributed by atoms with Crippen LogP contribution in [-0.2, 0) is 0 Å². The topological polar surface area (TPSA) is 123 Å².